The lowest BCUT2D eigenvalue weighted by atomic mass is 10.1. The summed E-state index contributed by atoms with van der Waals surface area (Å²) in [6.07, 6.45) is 9.58. The van der Waals surface area contributed by atoms with Gasteiger partial charge in [-0.3, -0.25) is 4.68 Å². The first kappa shape index (κ1) is 11.3. The van der Waals surface area contributed by atoms with Crippen molar-refractivity contribution in [3.63, 3.8) is 0 Å². The molecule has 1 aromatic carbocycles. The van der Waals surface area contributed by atoms with Gasteiger partial charge in [0.1, 0.15) is 0 Å². The summed E-state index contributed by atoms with van der Waals surface area (Å²) in [5.41, 5.74) is 8.86. The maximum atomic E-state index is 5.70. The van der Waals surface area contributed by atoms with E-state index < -0.39 is 0 Å². The fourth-order valence-electron chi connectivity index (χ4n) is 2.75. The number of hydrogen-bond acceptors (Lipinski definition) is 2. The second-order valence-corrected chi connectivity index (χ2v) is 5.22. The number of nitrogen functional groups attached to an aromatic ring is 1. The fourth-order valence-corrected chi connectivity index (χ4v) is 2.75. The van der Waals surface area contributed by atoms with Crippen LogP contribution in [0.4, 0.5) is 5.69 Å². The smallest absolute Gasteiger partial charge is 0.0568 e. The third-order valence-electron chi connectivity index (χ3n) is 3.80. The van der Waals surface area contributed by atoms with Crippen LogP contribution in [0.2, 0.25) is 0 Å². The van der Waals surface area contributed by atoms with Gasteiger partial charge in [-0.2, -0.15) is 5.10 Å². The molecule has 0 spiro atoms. The van der Waals surface area contributed by atoms with Gasteiger partial charge in [-0.1, -0.05) is 25.0 Å². The molecule has 0 radical (unpaired) electrons. The van der Waals surface area contributed by atoms with Crippen molar-refractivity contribution in [2.75, 3.05) is 5.73 Å². The lowest BCUT2D eigenvalue weighted by Crippen LogP contribution is -2.07. The van der Waals surface area contributed by atoms with Gasteiger partial charge in [0, 0.05) is 24.0 Å². The third kappa shape index (κ3) is 2.40. The number of anilines is 1. The maximum Gasteiger partial charge on any atom is 0.0568 e. The first-order valence-corrected chi connectivity index (χ1v) is 6.69. The van der Waals surface area contributed by atoms with Crippen molar-refractivity contribution in [2.45, 2.75) is 32.2 Å². The molecule has 0 unspecified atom stereocenters. The number of benzene rings is 1. The Morgan fingerprint density at radius 3 is 2.56 bits per heavy atom. The van der Waals surface area contributed by atoms with Crippen molar-refractivity contribution < 1.29 is 0 Å². The summed E-state index contributed by atoms with van der Waals surface area (Å²) in [4.78, 5) is 0. The Morgan fingerprint density at radius 2 is 1.83 bits per heavy atom. The third-order valence-corrected chi connectivity index (χ3v) is 3.80. The molecule has 3 rings (SSSR count). The molecule has 1 aliphatic rings. The minimum atomic E-state index is 0.803. The zero-order valence-corrected chi connectivity index (χ0v) is 10.5. The molecule has 2 N–H and O–H groups in total. The van der Waals surface area contributed by atoms with Gasteiger partial charge in [0.15, 0.2) is 0 Å². The van der Waals surface area contributed by atoms with Crippen molar-refractivity contribution in [3.05, 3.63) is 36.7 Å². The molecule has 2 aromatic rings. The van der Waals surface area contributed by atoms with Crippen molar-refractivity contribution in [3.8, 4) is 11.1 Å². The average Bonchev–Trinajstić information content (AvgIpc) is 3.02. The Labute approximate surface area is 108 Å². The fraction of sp³-hybridized carbons (Fsp3) is 0.400. The minimum Gasteiger partial charge on any atom is -0.399 e. The summed E-state index contributed by atoms with van der Waals surface area (Å²) < 4.78 is 2.08. The summed E-state index contributed by atoms with van der Waals surface area (Å²) in [5, 5.41) is 4.46. The monoisotopic (exact) mass is 241 g/mol. The zero-order valence-electron chi connectivity index (χ0n) is 10.5. The van der Waals surface area contributed by atoms with Crippen LogP contribution in [0.1, 0.15) is 25.7 Å². The number of nitrogens with zero attached hydrogens (tertiary/aromatic N) is 2. The molecule has 0 atom stereocenters. The second kappa shape index (κ2) is 4.84. The predicted octanol–water partition coefficient (Wildman–Crippen LogP) is 3.32. The van der Waals surface area contributed by atoms with Gasteiger partial charge >= 0.3 is 0 Å². The summed E-state index contributed by atoms with van der Waals surface area (Å²) >= 11 is 0. The molecule has 18 heavy (non-hydrogen) atoms. The lowest BCUT2D eigenvalue weighted by molar-refractivity contribution is 0.429. The van der Waals surface area contributed by atoms with E-state index in [0.29, 0.717) is 0 Å². The maximum absolute atomic E-state index is 5.70. The van der Waals surface area contributed by atoms with Crippen LogP contribution in [0, 0.1) is 5.92 Å². The molecule has 1 aromatic heterocycles. The molecule has 3 nitrogen and oxygen atoms in total. The molecule has 0 saturated heterocycles. The van der Waals surface area contributed by atoms with E-state index in [1.54, 1.807) is 0 Å². The van der Waals surface area contributed by atoms with Gasteiger partial charge in [-0.05, 0) is 36.5 Å². The van der Waals surface area contributed by atoms with Crippen LogP contribution in [0.25, 0.3) is 11.1 Å². The molecule has 0 bridgehead atoms. The first-order valence-electron chi connectivity index (χ1n) is 6.69. The van der Waals surface area contributed by atoms with Crippen LogP contribution in [0.5, 0.6) is 0 Å². The molecule has 94 valence electrons. The highest BCUT2D eigenvalue weighted by Crippen LogP contribution is 2.27. The summed E-state index contributed by atoms with van der Waals surface area (Å²) in [7, 11) is 0. The van der Waals surface area contributed by atoms with Crippen LogP contribution < -0.4 is 5.73 Å². The van der Waals surface area contributed by atoms with E-state index in [-0.39, 0.29) is 0 Å². The summed E-state index contributed by atoms with van der Waals surface area (Å²) in [5.74, 6) is 0.823. The van der Waals surface area contributed by atoms with E-state index in [0.717, 1.165) is 18.2 Å². The molecular weight excluding hydrogens is 222 g/mol. The van der Waals surface area contributed by atoms with Gasteiger partial charge in [-0.15, -0.1) is 0 Å². The Hall–Kier alpha value is -1.77. The molecule has 1 fully saturated rings. The second-order valence-electron chi connectivity index (χ2n) is 5.22. The van der Waals surface area contributed by atoms with Crippen LogP contribution in [-0.2, 0) is 6.54 Å². The van der Waals surface area contributed by atoms with Gasteiger partial charge < -0.3 is 5.73 Å². The topological polar surface area (TPSA) is 43.8 Å². The Kier molecular flexibility index (Phi) is 3.05. The van der Waals surface area contributed by atoms with E-state index >= 15 is 0 Å². The number of aromatic nitrogens is 2. The van der Waals surface area contributed by atoms with Gasteiger partial charge in [0.25, 0.3) is 0 Å². The van der Waals surface area contributed by atoms with E-state index in [2.05, 4.69) is 16.0 Å². The van der Waals surface area contributed by atoms with E-state index in [1.807, 2.05) is 30.5 Å². The highest BCUT2D eigenvalue weighted by molar-refractivity contribution is 5.63. The van der Waals surface area contributed by atoms with Crippen LogP contribution in [0.15, 0.2) is 36.7 Å². The summed E-state index contributed by atoms with van der Waals surface area (Å²) in [6.45, 7) is 1.06. The standard InChI is InChI=1S/C15H19N3/c16-15-7-5-13(6-8-15)14-9-17-18(11-14)10-12-3-1-2-4-12/h5-9,11-12H,1-4,10,16H2. The molecule has 1 heterocycles. The largest absolute Gasteiger partial charge is 0.399 e. The molecule has 3 heteroatoms. The van der Waals surface area contributed by atoms with E-state index in [1.165, 1.54) is 36.8 Å². The molecule has 0 amide bonds. The van der Waals surface area contributed by atoms with Crippen LogP contribution in [-0.4, -0.2) is 9.78 Å². The zero-order chi connectivity index (χ0) is 12.4. The van der Waals surface area contributed by atoms with Gasteiger partial charge in [0.05, 0.1) is 6.20 Å². The normalized spacial score (nSPS) is 16.2. The van der Waals surface area contributed by atoms with E-state index in [4.69, 9.17) is 5.73 Å². The van der Waals surface area contributed by atoms with Crippen LogP contribution >= 0.6 is 0 Å². The molecular formula is C15H19N3. The highest BCUT2D eigenvalue weighted by Gasteiger charge is 2.15. The number of rotatable bonds is 3. The SMILES string of the molecule is Nc1ccc(-c2cnn(CC3CCCC3)c2)cc1. The Morgan fingerprint density at radius 1 is 1.11 bits per heavy atom. The van der Waals surface area contributed by atoms with Gasteiger partial charge in [-0.25, -0.2) is 0 Å². The van der Waals surface area contributed by atoms with Gasteiger partial charge in [0.2, 0.25) is 0 Å². The first-order chi connectivity index (χ1) is 8.81. The highest BCUT2D eigenvalue weighted by atomic mass is 15.3. The summed E-state index contributed by atoms with van der Waals surface area (Å²) in [6, 6.07) is 7.96. The number of nitrogens with two attached hydrogens (primary N) is 1. The minimum absolute atomic E-state index is 0.803. The Bertz CT molecular complexity index is 507. The lowest BCUT2D eigenvalue weighted by Gasteiger charge is -2.08. The molecule has 1 saturated carbocycles. The quantitative estimate of drug-likeness (QED) is 0.838. The molecule has 0 aliphatic heterocycles. The molecule has 1 aliphatic carbocycles. The average molecular weight is 241 g/mol. The Balaban J connectivity index is 1.74. The van der Waals surface area contributed by atoms with Crippen molar-refractivity contribution >= 4 is 5.69 Å². The predicted molar refractivity (Wildman–Crippen MR) is 74.0 cm³/mol. The van der Waals surface area contributed by atoms with Crippen molar-refractivity contribution in [2.24, 2.45) is 5.92 Å². The van der Waals surface area contributed by atoms with Crippen molar-refractivity contribution in [1.29, 1.82) is 0 Å². The van der Waals surface area contributed by atoms with E-state index in [9.17, 15) is 0 Å². The van der Waals surface area contributed by atoms with Crippen molar-refractivity contribution in [1.82, 2.24) is 9.78 Å². The number of hydrogen-bond donors (Lipinski definition) is 1. The van der Waals surface area contributed by atoms with Crippen LogP contribution in [0.3, 0.4) is 0 Å².